The Balaban J connectivity index is 2.12. The molecule has 0 bridgehead atoms. The Bertz CT molecular complexity index is 624. The molecule has 0 heterocycles. The number of nitriles is 1. The molecule has 0 radical (unpaired) electrons. The van der Waals surface area contributed by atoms with Crippen molar-refractivity contribution in [2.75, 3.05) is 5.73 Å². The van der Waals surface area contributed by atoms with E-state index in [4.69, 9.17) is 11.0 Å². The lowest BCUT2D eigenvalue weighted by Crippen LogP contribution is -2.30. The van der Waals surface area contributed by atoms with E-state index in [0.29, 0.717) is 11.6 Å². The number of anilines is 1. The predicted octanol–water partition coefficient (Wildman–Crippen LogP) is 3.55. The molecule has 2 aromatic rings. The summed E-state index contributed by atoms with van der Waals surface area (Å²) in [6, 6.07) is 18.3. The van der Waals surface area contributed by atoms with Crippen LogP contribution in [0, 0.1) is 11.3 Å². The van der Waals surface area contributed by atoms with Gasteiger partial charge in [-0.15, -0.1) is 0 Å². The minimum Gasteiger partial charge on any atom is -0.398 e. The van der Waals surface area contributed by atoms with Crippen molar-refractivity contribution in [2.24, 2.45) is 0 Å². The molecule has 0 amide bonds. The average molecular weight is 279 g/mol. The quantitative estimate of drug-likeness (QED) is 0.852. The topological polar surface area (TPSA) is 53.0 Å². The molecule has 0 aromatic heterocycles. The van der Waals surface area contributed by atoms with Gasteiger partial charge in [0, 0.05) is 24.8 Å². The summed E-state index contributed by atoms with van der Waals surface area (Å²) in [7, 11) is 0. The van der Waals surface area contributed by atoms with Crippen molar-refractivity contribution in [1.29, 1.82) is 5.26 Å². The van der Waals surface area contributed by atoms with Gasteiger partial charge >= 0.3 is 0 Å². The smallest absolute Gasteiger partial charge is 0.0991 e. The van der Waals surface area contributed by atoms with Gasteiger partial charge in [0.2, 0.25) is 0 Å². The van der Waals surface area contributed by atoms with E-state index in [0.717, 1.165) is 24.3 Å². The Hall–Kier alpha value is -2.31. The summed E-state index contributed by atoms with van der Waals surface area (Å²) in [5.41, 5.74) is 9.93. The molecule has 2 aromatic carbocycles. The first-order chi connectivity index (χ1) is 10.1. The molecular formula is C18H21N3. The minimum absolute atomic E-state index is 0.417. The fourth-order valence-electron chi connectivity index (χ4n) is 2.24. The second-order valence-electron chi connectivity index (χ2n) is 5.51. The first-order valence-electron chi connectivity index (χ1n) is 7.16. The highest BCUT2D eigenvalue weighted by atomic mass is 15.1. The summed E-state index contributed by atoms with van der Waals surface area (Å²) in [6.45, 7) is 6.04. The molecule has 0 aliphatic rings. The van der Waals surface area contributed by atoms with Crippen molar-refractivity contribution in [3.8, 4) is 6.07 Å². The fourth-order valence-corrected chi connectivity index (χ4v) is 2.24. The molecule has 2 rings (SSSR count). The van der Waals surface area contributed by atoms with E-state index in [-0.39, 0.29) is 0 Å². The number of hydrogen-bond acceptors (Lipinski definition) is 3. The Morgan fingerprint density at radius 1 is 1.05 bits per heavy atom. The van der Waals surface area contributed by atoms with Gasteiger partial charge in [-0.2, -0.15) is 5.26 Å². The molecule has 2 N–H and O–H groups in total. The van der Waals surface area contributed by atoms with Gasteiger partial charge < -0.3 is 5.73 Å². The number of benzene rings is 2. The van der Waals surface area contributed by atoms with Gasteiger partial charge in [-0.05, 0) is 43.2 Å². The van der Waals surface area contributed by atoms with E-state index in [2.05, 4.69) is 30.9 Å². The molecule has 0 fully saturated rings. The van der Waals surface area contributed by atoms with Crippen LogP contribution in [0.25, 0.3) is 0 Å². The Kier molecular flexibility index (Phi) is 4.97. The van der Waals surface area contributed by atoms with E-state index in [9.17, 15) is 0 Å². The maximum atomic E-state index is 8.85. The molecule has 0 spiro atoms. The molecule has 3 heteroatoms. The highest BCUT2D eigenvalue weighted by molar-refractivity contribution is 5.46. The molecular weight excluding hydrogens is 258 g/mol. The van der Waals surface area contributed by atoms with E-state index in [1.807, 2.05) is 42.5 Å². The highest BCUT2D eigenvalue weighted by Gasteiger charge is 2.12. The van der Waals surface area contributed by atoms with E-state index in [1.54, 1.807) is 0 Å². The standard InChI is InChI=1S/C18H21N3/c1-14(2)21(13-17-5-3-4-6-18(17)20)12-16-9-7-15(11-19)8-10-16/h3-10,14H,12-13,20H2,1-2H3. The van der Waals surface area contributed by atoms with E-state index >= 15 is 0 Å². The number of nitrogen functional groups attached to an aromatic ring is 1. The highest BCUT2D eigenvalue weighted by Crippen LogP contribution is 2.17. The molecule has 21 heavy (non-hydrogen) atoms. The van der Waals surface area contributed by atoms with Crippen LogP contribution in [0.1, 0.15) is 30.5 Å². The Morgan fingerprint density at radius 3 is 2.29 bits per heavy atom. The first-order valence-corrected chi connectivity index (χ1v) is 7.16. The van der Waals surface area contributed by atoms with Gasteiger partial charge in [-0.1, -0.05) is 30.3 Å². The van der Waals surface area contributed by atoms with Crippen LogP contribution >= 0.6 is 0 Å². The zero-order valence-electron chi connectivity index (χ0n) is 12.6. The van der Waals surface area contributed by atoms with Crippen molar-refractivity contribution in [3.63, 3.8) is 0 Å². The monoisotopic (exact) mass is 279 g/mol. The van der Waals surface area contributed by atoms with Crippen LogP contribution in [0.3, 0.4) is 0 Å². The first kappa shape index (κ1) is 15.1. The summed E-state index contributed by atoms with van der Waals surface area (Å²) < 4.78 is 0. The van der Waals surface area contributed by atoms with Crippen LogP contribution in [0.4, 0.5) is 5.69 Å². The van der Waals surface area contributed by atoms with Gasteiger partial charge in [-0.25, -0.2) is 0 Å². The molecule has 0 saturated carbocycles. The molecule has 0 atom stereocenters. The molecule has 0 saturated heterocycles. The third kappa shape index (κ3) is 4.08. The number of nitrogens with two attached hydrogens (primary N) is 1. The van der Waals surface area contributed by atoms with Gasteiger partial charge in [0.25, 0.3) is 0 Å². The zero-order chi connectivity index (χ0) is 15.2. The van der Waals surface area contributed by atoms with E-state index in [1.165, 1.54) is 5.56 Å². The normalized spacial score (nSPS) is 10.8. The molecule has 0 unspecified atom stereocenters. The maximum absolute atomic E-state index is 8.85. The summed E-state index contributed by atoms with van der Waals surface area (Å²) in [4.78, 5) is 2.37. The lowest BCUT2D eigenvalue weighted by molar-refractivity contribution is 0.204. The van der Waals surface area contributed by atoms with Gasteiger partial charge in [0.05, 0.1) is 11.6 Å². The van der Waals surface area contributed by atoms with E-state index < -0.39 is 0 Å². The van der Waals surface area contributed by atoms with Crippen LogP contribution in [-0.4, -0.2) is 10.9 Å². The van der Waals surface area contributed by atoms with Crippen molar-refractivity contribution in [2.45, 2.75) is 33.0 Å². The summed E-state index contributed by atoms with van der Waals surface area (Å²) in [5.74, 6) is 0. The van der Waals surface area contributed by atoms with Gasteiger partial charge in [0.15, 0.2) is 0 Å². The maximum Gasteiger partial charge on any atom is 0.0991 e. The number of para-hydroxylation sites is 1. The van der Waals surface area contributed by atoms with Crippen LogP contribution < -0.4 is 5.73 Å². The van der Waals surface area contributed by atoms with Gasteiger partial charge in [-0.3, -0.25) is 4.90 Å². The summed E-state index contributed by atoms with van der Waals surface area (Å²) in [5, 5.41) is 8.85. The SMILES string of the molecule is CC(C)N(Cc1ccc(C#N)cc1)Cc1ccccc1N. The molecule has 0 aliphatic carbocycles. The van der Waals surface area contributed by atoms with Crippen molar-refractivity contribution >= 4 is 5.69 Å². The lowest BCUT2D eigenvalue weighted by atomic mass is 10.1. The van der Waals surface area contributed by atoms with Crippen molar-refractivity contribution in [1.82, 2.24) is 4.90 Å². The van der Waals surface area contributed by atoms with Crippen molar-refractivity contribution < 1.29 is 0 Å². The minimum atomic E-state index is 0.417. The number of nitrogens with zero attached hydrogens (tertiary/aromatic N) is 2. The molecule has 3 nitrogen and oxygen atoms in total. The molecule has 0 aliphatic heterocycles. The largest absolute Gasteiger partial charge is 0.398 e. The summed E-state index contributed by atoms with van der Waals surface area (Å²) in [6.07, 6.45) is 0. The average Bonchev–Trinajstić information content (AvgIpc) is 2.49. The third-order valence-corrected chi connectivity index (χ3v) is 3.63. The Labute approximate surface area is 126 Å². The van der Waals surface area contributed by atoms with Crippen molar-refractivity contribution in [3.05, 3.63) is 65.2 Å². The lowest BCUT2D eigenvalue weighted by Gasteiger charge is -2.27. The molecule has 108 valence electrons. The predicted molar refractivity (Wildman–Crippen MR) is 86.4 cm³/mol. The number of rotatable bonds is 5. The zero-order valence-corrected chi connectivity index (χ0v) is 12.6. The summed E-state index contributed by atoms with van der Waals surface area (Å²) >= 11 is 0. The van der Waals surface area contributed by atoms with Crippen LogP contribution in [-0.2, 0) is 13.1 Å². The van der Waals surface area contributed by atoms with Crippen LogP contribution in [0.15, 0.2) is 48.5 Å². The second-order valence-corrected chi connectivity index (χ2v) is 5.51. The number of hydrogen-bond donors (Lipinski definition) is 1. The van der Waals surface area contributed by atoms with Crippen LogP contribution in [0.5, 0.6) is 0 Å². The Morgan fingerprint density at radius 2 is 1.71 bits per heavy atom. The van der Waals surface area contributed by atoms with Gasteiger partial charge in [0.1, 0.15) is 0 Å². The van der Waals surface area contributed by atoms with Crippen LogP contribution in [0.2, 0.25) is 0 Å². The second kappa shape index (κ2) is 6.92. The fraction of sp³-hybridized carbons (Fsp3) is 0.278. The third-order valence-electron chi connectivity index (χ3n) is 3.63.